The number of phenolic OH excluding ortho intramolecular Hbond substituents is 1. The van der Waals surface area contributed by atoms with Gasteiger partial charge in [-0.3, -0.25) is 4.79 Å². The molecule has 0 radical (unpaired) electrons. The third-order valence-corrected chi connectivity index (χ3v) is 3.57. The van der Waals surface area contributed by atoms with Gasteiger partial charge in [-0.15, -0.1) is 0 Å². The minimum Gasteiger partial charge on any atom is -0.508 e. The van der Waals surface area contributed by atoms with Gasteiger partial charge in [-0.2, -0.15) is 0 Å². The number of piperidine rings is 1. The Bertz CT molecular complexity index is 453. The van der Waals surface area contributed by atoms with Gasteiger partial charge in [0.2, 0.25) is 5.91 Å². The third kappa shape index (κ3) is 1.78. The topological polar surface area (TPSA) is 52.6 Å². The number of rotatable bonds is 1. The molecule has 1 atom stereocenters. The van der Waals surface area contributed by atoms with Crippen LogP contribution in [-0.2, 0) is 11.2 Å². The summed E-state index contributed by atoms with van der Waals surface area (Å²) < 4.78 is 0. The predicted molar refractivity (Wildman–Crippen MR) is 65.2 cm³/mol. The van der Waals surface area contributed by atoms with E-state index in [2.05, 4.69) is 5.32 Å². The van der Waals surface area contributed by atoms with Crippen LogP contribution in [0.1, 0.15) is 18.4 Å². The zero-order valence-electron chi connectivity index (χ0n) is 9.65. The van der Waals surface area contributed by atoms with Crippen molar-refractivity contribution in [3.05, 3.63) is 23.8 Å². The van der Waals surface area contributed by atoms with Gasteiger partial charge < -0.3 is 15.3 Å². The molecule has 2 heterocycles. The van der Waals surface area contributed by atoms with E-state index in [-0.39, 0.29) is 17.7 Å². The maximum absolute atomic E-state index is 12.1. The molecule has 0 aliphatic carbocycles. The SMILES string of the molecule is O=C1Cc2ccc(O)cc2N1C1CCCNC1. The van der Waals surface area contributed by atoms with Gasteiger partial charge in [-0.1, -0.05) is 6.07 Å². The van der Waals surface area contributed by atoms with Crippen LogP contribution in [0.3, 0.4) is 0 Å². The molecule has 0 spiro atoms. The maximum Gasteiger partial charge on any atom is 0.231 e. The standard InChI is InChI=1S/C13H16N2O2/c16-11-4-3-9-6-13(17)15(12(9)7-11)10-2-1-5-14-8-10/h3-4,7,10,14,16H,1-2,5-6,8H2. The molecule has 0 saturated carbocycles. The fraction of sp³-hybridized carbons (Fsp3) is 0.462. The highest BCUT2D eigenvalue weighted by Crippen LogP contribution is 2.34. The molecule has 4 nitrogen and oxygen atoms in total. The molecular formula is C13H16N2O2. The predicted octanol–water partition coefficient (Wildman–Crippen LogP) is 1.03. The van der Waals surface area contributed by atoms with E-state index in [1.807, 2.05) is 11.0 Å². The Morgan fingerprint density at radius 1 is 1.41 bits per heavy atom. The molecule has 2 aliphatic heterocycles. The molecule has 90 valence electrons. The second-order valence-electron chi connectivity index (χ2n) is 4.75. The van der Waals surface area contributed by atoms with Gasteiger partial charge >= 0.3 is 0 Å². The fourth-order valence-corrected chi connectivity index (χ4v) is 2.76. The Balaban J connectivity index is 1.95. The first-order valence-corrected chi connectivity index (χ1v) is 6.10. The summed E-state index contributed by atoms with van der Waals surface area (Å²) >= 11 is 0. The second kappa shape index (κ2) is 4.04. The summed E-state index contributed by atoms with van der Waals surface area (Å²) in [6.45, 7) is 1.88. The van der Waals surface area contributed by atoms with Crippen LogP contribution in [-0.4, -0.2) is 30.1 Å². The van der Waals surface area contributed by atoms with Crippen LogP contribution in [0.5, 0.6) is 5.75 Å². The van der Waals surface area contributed by atoms with Crippen LogP contribution in [0, 0.1) is 0 Å². The average molecular weight is 232 g/mol. The van der Waals surface area contributed by atoms with E-state index in [9.17, 15) is 9.90 Å². The number of anilines is 1. The molecule has 1 aromatic rings. The average Bonchev–Trinajstić information content (AvgIpc) is 2.65. The molecular weight excluding hydrogens is 216 g/mol. The summed E-state index contributed by atoms with van der Waals surface area (Å²) in [7, 11) is 0. The Hall–Kier alpha value is -1.55. The number of carbonyl (C=O) groups excluding carboxylic acids is 1. The Labute approximate surface area is 100 Å². The highest BCUT2D eigenvalue weighted by atomic mass is 16.3. The van der Waals surface area contributed by atoms with Crippen molar-refractivity contribution in [1.82, 2.24) is 5.32 Å². The number of nitrogens with zero attached hydrogens (tertiary/aromatic N) is 1. The van der Waals surface area contributed by atoms with Crippen molar-refractivity contribution in [1.29, 1.82) is 0 Å². The second-order valence-corrected chi connectivity index (χ2v) is 4.75. The van der Waals surface area contributed by atoms with Crippen molar-refractivity contribution >= 4 is 11.6 Å². The lowest BCUT2D eigenvalue weighted by atomic mass is 10.1. The lowest BCUT2D eigenvalue weighted by Crippen LogP contribution is -2.47. The number of hydrogen-bond donors (Lipinski definition) is 2. The normalized spacial score (nSPS) is 23.9. The highest BCUT2D eigenvalue weighted by Gasteiger charge is 2.33. The molecule has 0 aromatic heterocycles. The van der Waals surface area contributed by atoms with E-state index in [1.54, 1.807) is 12.1 Å². The molecule has 3 rings (SSSR count). The van der Waals surface area contributed by atoms with E-state index in [0.717, 1.165) is 37.2 Å². The molecule has 1 amide bonds. The number of amides is 1. The Kier molecular flexibility index (Phi) is 2.52. The van der Waals surface area contributed by atoms with Gasteiger partial charge in [0.25, 0.3) is 0 Å². The number of hydrogen-bond acceptors (Lipinski definition) is 3. The van der Waals surface area contributed by atoms with Crippen molar-refractivity contribution < 1.29 is 9.90 Å². The molecule has 1 saturated heterocycles. The van der Waals surface area contributed by atoms with Gasteiger partial charge in [0, 0.05) is 18.7 Å². The smallest absolute Gasteiger partial charge is 0.231 e. The van der Waals surface area contributed by atoms with Gasteiger partial charge in [0.1, 0.15) is 5.75 Å². The molecule has 1 aromatic carbocycles. The first-order chi connectivity index (χ1) is 8.25. The summed E-state index contributed by atoms with van der Waals surface area (Å²) in [5, 5.41) is 12.9. The van der Waals surface area contributed by atoms with Crippen LogP contribution in [0.2, 0.25) is 0 Å². The monoisotopic (exact) mass is 232 g/mol. The van der Waals surface area contributed by atoms with Crippen LogP contribution >= 0.6 is 0 Å². The number of nitrogens with one attached hydrogen (secondary N) is 1. The molecule has 4 heteroatoms. The van der Waals surface area contributed by atoms with Crippen molar-refractivity contribution in [2.45, 2.75) is 25.3 Å². The molecule has 0 bridgehead atoms. The van der Waals surface area contributed by atoms with Crippen molar-refractivity contribution in [2.24, 2.45) is 0 Å². The minimum atomic E-state index is 0.152. The summed E-state index contributed by atoms with van der Waals surface area (Å²) in [6.07, 6.45) is 2.60. The molecule has 2 aliphatic rings. The summed E-state index contributed by atoms with van der Waals surface area (Å²) in [6, 6.07) is 5.43. The zero-order chi connectivity index (χ0) is 11.8. The maximum atomic E-state index is 12.1. The zero-order valence-corrected chi connectivity index (χ0v) is 9.65. The number of phenols is 1. The Morgan fingerprint density at radius 2 is 2.29 bits per heavy atom. The van der Waals surface area contributed by atoms with Crippen LogP contribution < -0.4 is 10.2 Å². The molecule has 2 N–H and O–H groups in total. The van der Waals surface area contributed by atoms with E-state index < -0.39 is 0 Å². The number of aromatic hydroxyl groups is 1. The quantitative estimate of drug-likeness (QED) is 0.760. The summed E-state index contributed by atoms with van der Waals surface area (Å²) in [5.41, 5.74) is 1.92. The van der Waals surface area contributed by atoms with Crippen molar-refractivity contribution in [2.75, 3.05) is 18.0 Å². The minimum absolute atomic E-state index is 0.152. The summed E-state index contributed by atoms with van der Waals surface area (Å²) in [4.78, 5) is 13.9. The van der Waals surface area contributed by atoms with E-state index in [1.165, 1.54) is 0 Å². The van der Waals surface area contributed by atoms with Gasteiger partial charge in [-0.25, -0.2) is 0 Å². The Morgan fingerprint density at radius 3 is 3.06 bits per heavy atom. The van der Waals surface area contributed by atoms with Crippen LogP contribution in [0.25, 0.3) is 0 Å². The summed E-state index contributed by atoms with van der Waals surface area (Å²) in [5.74, 6) is 0.381. The van der Waals surface area contributed by atoms with Crippen molar-refractivity contribution in [3.63, 3.8) is 0 Å². The van der Waals surface area contributed by atoms with Gasteiger partial charge in [-0.05, 0) is 31.0 Å². The first kappa shape index (κ1) is 10.6. The van der Waals surface area contributed by atoms with Crippen LogP contribution in [0.4, 0.5) is 5.69 Å². The molecule has 17 heavy (non-hydrogen) atoms. The fourth-order valence-electron chi connectivity index (χ4n) is 2.76. The van der Waals surface area contributed by atoms with Gasteiger partial charge in [0.15, 0.2) is 0 Å². The number of carbonyl (C=O) groups is 1. The van der Waals surface area contributed by atoms with E-state index in [0.29, 0.717) is 6.42 Å². The lowest BCUT2D eigenvalue weighted by Gasteiger charge is -2.32. The number of fused-ring (bicyclic) bond motifs is 1. The van der Waals surface area contributed by atoms with Gasteiger partial charge in [0.05, 0.1) is 12.1 Å². The largest absolute Gasteiger partial charge is 0.508 e. The van der Waals surface area contributed by atoms with Crippen molar-refractivity contribution in [3.8, 4) is 5.75 Å². The van der Waals surface area contributed by atoms with Crippen LogP contribution in [0.15, 0.2) is 18.2 Å². The van der Waals surface area contributed by atoms with E-state index in [4.69, 9.17) is 0 Å². The highest BCUT2D eigenvalue weighted by molar-refractivity contribution is 6.02. The molecule has 1 unspecified atom stereocenters. The van der Waals surface area contributed by atoms with E-state index >= 15 is 0 Å². The number of benzene rings is 1. The third-order valence-electron chi connectivity index (χ3n) is 3.57. The first-order valence-electron chi connectivity index (χ1n) is 6.10. The molecule has 1 fully saturated rings. The lowest BCUT2D eigenvalue weighted by molar-refractivity contribution is -0.117.